The van der Waals surface area contributed by atoms with Gasteiger partial charge in [0.1, 0.15) is 5.69 Å². The first-order valence-electron chi connectivity index (χ1n) is 7.56. The normalized spacial score (nSPS) is 11.8. The molecule has 1 N–H and O–H groups in total. The van der Waals surface area contributed by atoms with Gasteiger partial charge >= 0.3 is 5.97 Å². The zero-order chi connectivity index (χ0) is 19.1. The molecule has 0 bridgehead atoms. The second-order valence-electron chi connectivity index (χ2n) is 5.20. The number of hydrogen-bond acceptors (Lipinski definition) is 5. The number of para-hydroxylation sites is 2. The summed E-state index contributed by atoms with van der Waals surface area (Å²) in [5, 5.41) is 13.8. The van der Waals surface area contributed by atoms with Crippen molar-refractivity contribution in [2.45, 2.75) is 13.0 Å². The van der Waals surface area contributed by atoms with Crippen molar-refractivity contribution in [3.05, 3.63) is 75.3 Å². The first-order valence-corrected chi connectivity index (χ1v) is 7.94. The highest BCUT2D eigenvalue weighted by molar-refractivity contribution is 6.32. The number of esters is 1. The second kappa shape index (κ2) is 8.77. The Morgan fingerprint density at radius 2 is 1.85 bits per heavy atom. The Balaban J connectivity index is 1.98. The van der Waals surface area contributed by atoms with Crippen molar-refractivity contribution in [1.29, 1.82) is 0 Å². The number of nitrogens with zero attached hydrogens (tertiary/aromatic N) is 1. The Bertz CT molecular complexity index is 866. The molecular formula is C18H15ClN2O5. The van der Waals surface area contributed by atoms with E-state index in [2.05, 4.69) is 5.32 Å². The van der Waals surface area contributed by atoms with E-state index in [1.807, 2.05) is 0 Å². The molecule has 8 heteroatoms. The van der Waals surface area contributed by atoms with Crippen LogP contribution in [0.25, 0.3) is 6.08 Å². The van der Waals surface area contributed by atoms with Gasteiger partial charge in [-0.3, -0.25) is 14.9 Å². The number of ether oxygens (including phenoxy) is 1. The molecule has 7 nitrogen and oxygen atoms in total. The molecule has 2 rings (SSSR count). The van der Waals surface area contributed by atoms with E-state index in [1.165, 1.54) is 31.2 Å². The van der Waals surface area contributed by atoms with Crippen molar-refractivity contribution in [3.63, 3.8) is 0 Å². The average Bonchev–Trinajstić information content (AvgIpc) is 2.61. The number of hydrogen-bond donors (Lipinski definition) is 1. The van der Waals surface area contributed by atoms with Crippen LogP contribution in [0.5, 0.6) is 0 Å². The summed E-state index contributed by atoms with van der Waals surface area (Å²) < 4.78 is 5.00. The van der Waals surface area contributed by atoms with Gasteiger partial charge in [-0.25, -0.2) is 4.79 Å². The van der Waals surface area contributed by atoms with Gasteiger partial charge in [-0.2, -0.15) is 0 Å². The standard InChI is InChI=1S/C18H15ClN2O5/c1-12(18(23)20-15-8-4-5-9-16(15)21(24)25)26-17(22)11-10-13-6-2-3-7-14(13)19/h2-12H,1H3,(H,20,23)/b11-10+/t12-/m1/s1. The van der Waals surface area contributed by atoms with Crippen LogP contribution in [0.15, 0.2) is 54.6 Å². The number of anilines is 1. The van der Waals surface area contributed by atoms with E-state index in [0.717, 1.165) is 6.08 Å². The van der Waals surface area contributed by atoms with Gasteiger partial charge in [0.15, 0.2) is 6.10 Å². The quantitative estimate of drug-likeness (QED) is 0.358. The van der Waals surface area contributed by atoms with Crippen LogP contribution >= 0.6 is 11.6 Å². The lowest BCUT2D eigenvalue weighted by molar-refractivity contribution is -0.383. The van der Waals surface area contributed by atoms with Crippen molar-refractivity contribution in [1.82, 2.24) is 0 Å². The highest BCUT2D eigenvalue weighted by Gasteiger charge is 2.20. The molecule has 0 saturated carbocycles. The van der Waals surface area contributed by atoms with Crippen LogP contribution in [0.1, 0.15) is 12.5 Å². The zero-order valence-electron chi connectivity index (χ0n) is 13.7. The number of carbonyl (C=O) groups is 2. The van der Waals surface area contributed by atoms with Gasteiger partial charge in [-0.1, -0.05) is 41.9 Å². The van der Waals surface area contributed by atoms with Gasteiger partial charge in [-0.05, 0) is 30.7 Å². The third kappa shape index (κ3) is 5.15. The van der Waals surface area contributed by atoms with Gasteiger partial charge in [0, 0.05) is 17.2 Å². The molecule has 1 amide bonds. The molecule has 0 aromatic heterocycles. The monoisotopic (exact) mass is 374 g/mol. The maximum atomic E-state index is 12.1. The summed E-state index contributed by atoms with van der Waals surface area (Å²) in [6.45, 7) is 1.37. The second-order valence-corrected chi connectivity index (χ2v) is 5.60. The van der Waals surface area contributed by atoms with E-state index in [9.17, 15) is 19.7 Å². The molecule has 0 saturated heterocycles. The number of nitro groups is 1. The number of benzene rings is 2. The Morgan fingerprint density at radius 3 is 2.54 bits per heavy atom. The van der Waals surface area contributed by atoms with Crippen LogP contribution in [0.4, 0.5) is 11.4 Å². The average molecular weight is 375 g/mol. The molecule has 0 heterocycles. The summed E-state index contributed by atoms with van der Waals surface area (Å²) in [6, 6.07) is 12.6. The minimum Gasteiger partial charge on any atom is -0.449 e. The van der Waals surface area contributed by atoms with Crippen LogP contribution in [-0.2, 0) is 14.3 Å². The molecule has 134 valence electrons. The van der Waals surface area contributed by atoms with E-state index in [1.54, 1.807) is 30.3 Å². The fraction of sp³-hybridized carbons (Fsp3) is 0.111. The zero-order valence-corrected chi connectivity index (χ0v) is 14.5. The van der Waals surface area contributed by atoms with Gasteiger partial charge in [0.2, 0.25) is 0 Å². The first kappa shape index (κ1) is 19.1. The summed E-state index contributed by atoms with van der Waals surface area (Å²) in [5.41, 5.74) is 0.401. The maximum absolute atomic E-state index is 12.1. The van der Waals surface area contributed by atoms with Gasteiger partial charge in [0.25, 0.3) is 11.6 Å². The summed E-state index contributed by atoms with van der Waals surface area (Å²) in [6.07, 6.45) is 1.48. The predicted molar refractivity (Wildman–Crippen MR) is 97.8 cm³/mol. The van der Waals surface area contributed by atoms with Crippen molar-refractivity contribution >= 4 is 40.9 Å². The van der Waals surface area contributed by atoms with E-state index in [-0.39, 0.29) is 11.4 Å². The Kier molecular flexibility index (Phi) is 6.46. The van der Waals surface area contributed by atoms with Gasteiger partial charge < -0.3 is 10.1 Å². The smallest absolute Gasteiger partial charge is 0.331 e. The molecule has 0 unspecified atom stereocenters. The third-order valence-corrected chi connectivity index (χ3v) is 3.67. The van der Waals surface area contributed by atoms with E-state index in [4.69, 9.17) is 16.3 Å². The van der Waals surface area contributed by atoms with Crippen LogP contribution in [-0.4, -0.2) is 22.9 Å². The number of halogens is 1. The molecule has 0 spiro atoms. The molecule has 0 fully saturated rings. The van der Waals surface area contributed by atoms with E-state index < -0.39 is 22.9 Å². The molecule has 0 radical (unpaired) electrons. The van der Waals surface area contributed by atoms with E-state index in [0.29, 0.717) is 10.6 Å². The number of rotatable bonds is 6. The third-order valence-electron chi connectivity index (χ3n) is 3.32. The van der Waals surface area contributed by atoms with Crippen LogP contribution in [0.3, 0.4) is 0 Å². The topological polar surface area (TPSA) is 98.5 Å². The number of nitro benzene ring substituents is 1. The highest BCUT2D eigenvalue weighted by Crippen LogP contribution is 2.23. The lowest BCUT2D eigenvalue weighted by atomic mass is 10.2. The number of amides is 1. The number of nitrogens with one attached hydrogen (secondary N) is 1. The molecular weight excluding hydrogens is 360 g/mol. The Morgan fingerprint density at radius 1 is 1.19 bits per heavy atom. The molecule has 0 aliphatic heterocycles. The first-order chi connectivity index (χ1) is 12.4. The molecule has 0 aliphatic carbocycles. The summed E-state index contributed by atoms with van der Waals surface area (Å²) >= 11 is 5.97. The van der Waals surface area contributed by atoms with Gasteiger partial charge in [-0.15, -0.1) is 0 Å². The fourth-order valence-electron chi connectivity index (χ4n) is 2.01. The predicted octanol–water partition coefficient (Wildman–Crippen LogP) is 3.83. The fourth-order valence-corrected chi connectivity index (χ4v) is 2.21. The van der Waals surface area contributed by atoms with Crippen molar-refractivity contribution < 1.29 is 19.2 Å². The molecule has 2 aromatic rings. The minimum atomic E-state index is -1.14. The Labute approximate surface area is 154 Å². The van der Waals surface area contributed by atoms with Crippen LogP contribution < -0.4 is 5.32 Å². The Hall–Kier alpha value is -3.19. The summed E-state index contributed by atoms with van der Waals surface area (Å²) in [7, 11) is 0. The molecule has 26 heavy (non-hydrogen) atoms. The summed E-state index contributed by atoms with van der Waals surface area (Å²) in [4.78, 5) is 34.3. The lowest BCUT2D eigenvalue weighted by Crippen LogP contribution is -2.29. The van der Waals surface area contributed by atoms with Crippen LogP contribution in [0, 0.1) is 10.1 Å². The van der Waals surface area contributed by atoms with Crippen molar-refractivity contribution in [2.24, 2.45) is 0 Å². The van der Waals surface area contributed by atoms with E-state index >= 15 is 0 Å². The van der Waals surface area contributed by atoms with Gasteiger partial charge in [0.05, 0.1) is 4.92 Å². The minimum absolute atomic E-state index is 0.0250. The highest BCUT2D eigenvalue weighted by atomic mass is 35.5. The SMILES string of the molecule is C[C@@H](OC(=O)/C=C/c1ccccc1Cl)C(=O)Nc1ccccc1[N+](=O)[O-]. The van der Waals surface area contributed by atoms with Crippen LogP contribution in [0.2, 0.25) is 5.02 Å². The molecule has 2 aromatic carbocycles. The lowest BCUT2D eigenvalue weighted by Gasteiger charge is -2.12. The molecule has 1 atom stereocenters. The largest absolute Gasteiger partial charge is 0.449 e. The molecule has 0 aliphatic rings. The maximum Gasteiger partial charge on any atom is 0.331 e. The summed E-state index contributed by atoms with van der Waals surface area (Å²) in [5.74, 6) is -1.42. The van der Waals surface area contributed by atoms with Crippen molar-refractivity contribution in [2.75, 3.05) is 5.32 Å². The van der Waals surface area contributed by atoms with Crippen molar-refractivity contribution in [3.8, 4) is 0 Å². The number of carbonyl (C=O) groups excluding carboxylic acids is 2.